The van der Waals surface area contributed by atoms with Crippen LogP contribution < -0.4 is 25.5 Å². The van der Waals surface area contributed by atoms with Crippen LogP contribution in [-0.2, 0) is 14.4 Å². The van der Waals surface area contributed by atoms with Gasteiger partial charge in [0.1, 0.15) is 0 Å². The summed E-state index contributed by atoms with van der Waals surface area (Å²) in [4.78, 5) is 35.2. The predicted octanol–water partition coefficient (Wildman–Crippen LogP) is 2.51. The van der Waals surface area contributed by atoms with Crippen LogP contribution in [0.2, 0.25) is 5.02 Å². The number of carbonyl (C=O) groups is 3. The molecule has 2 aromatic rings. The van der Waals surface area contributed by atoms with Crippen molar-refractivity contribution in [3.05, 3.63) is 65.7 Å². The lowest BCUT2D eigenvalue weighted by Crippen LogP contribution is -2.37. The molecular weight excluding hydrogens is 436 g/mol. The summed E-state index contributed by atoms with van der Waals surface area (Å²) >= 11 is 6.03. The van der Waals surface area contributed by atoms with E-state index in [0.717, 1.165) is 0 Å². The fourth-order valence-corrected chi connectivity index (χ4v) is 2.53. The Hall–Kier alpha value is -3.85. The van der Waals surface area contributed by atoms with Crippen molar-refractivity contribution in [2.24, 2.45) is 5.10 Å². The van der Waals surface area contributed by atoms with Crippen molar-refractivity contribution < 1.29 is 23.9 Å². The lowest BCUT2D eigenvalue weighted by atomic mass is 10.2. The second-order valence-electron chi connectivity index (χ2n) is 6.15. The molecule has 32 heavy (non-hydrogen) atoms. The van der Waals surface area contributed by atoms with Crippen LogP contribution in [0.15, 0.2) is 60.2 Å². The third-order valence-electron chi connectivity index (χ3n) is 3.77. The summed E-state index contributed by atoms with van der Waals surface area (Å²) in [6, 6.07) is 11.7. The topological polar surface area (TPSA) is 118 Å². The third-order valence-corrected chi connectivity index (χ3v) is 4.10. The minimum absolute atomic E-state index is 0.172. The molecule has 168 valence electrons. The van der Waals surface area contributed by atoms with Gasteiger partial charge in [0.15, 0.2) is 18.1 Å². The highest BCUT2D eigenvalue weighted by Gasteiger charge is 2.12. The molecule has 0 aliphatic rings. The van der Waals surface area contributed by atoms with Gasteiger partial charge < -0.3 is 20.1 Å². The smallest absolute Gasteiger partial charge is 0.329 e. The van der Waals surface area contributed by atoms with Gasteiger partial charge in [-0.2, -0.15) is 5.10 Å². The highest BCUT2D eigenvalue weighted by atomic mass is 35.5. The van der Waals surface area contributed by atoms with E-state index in [1.54, 1.807) is 49.4 Å². The van der Waals surface area contributed by atoms with Gasteiger partial charge >= 0.3 is 11.8 Å². The van der Waals surface area contributed by atoms with E-state index < -0.39 is 11.8 Å². The Morgan fingerprint density at radius 3 is 2.59 bits per heavy atom. The van der Waals surface area contributed by atoms with Crippen molar-refractivity contribution >= 4 is 41.2 Å². The first-order valence-corrected chi connectivity index (χ1v) is 9.98. The molecule has 2 aromatic carbocycles. The number of benzene rings is 2. The Morgan fingerprint density at radius 2 is 1.88 bits per heavy atom. The van der Waals surface area contributed by atoms with Crippen molar-refractivity contribution in [2.45, 2.75) is 6.92 Å². The summed E-state index contributed by atoms with van der Waals surface area (Å²) in [5.74, 6) is -1.37. The number of halogens is 1. The lowest BCUT2D eigenvalue weighted by molar-refractivity contribution is -0.139. The van der Waals surface area contributed by atoms with Gasteiger partial charge in [-0.3, -0.25) is 14.4 Å². The van der Waals surface area contributed by atoms with E-state index in [9.17, 15) is 14.4 Å². The Kier molecular flexibility index (Phi) is 9.73. The second-order valence-corrected chi connectivity index (χ2v) is 6.56. The molecule has 0 saturated heterocycles. The SMILES string of the molecule is C=CCNC(=O)C(=O)N/N=C\c1ccc(OCC(=O)Nc2ccccc2Cl)c(OCC)c1. The van der Waals surface area contributed by atoms with Crippen LogP contribution in [0.25, 0.3) is 0 Å². The van der Waals surface area contributed by atoms with Gasteiger partial charge in [-0.25, -0.2) is 5.43 Å². The molecule has 0 atom stereocenters. The minimum Gasteiger partial charge on any atom is -0.490 e. The maximum absolute atomic E-state index is 12.2. The van der Waals surface area contributed by atoms with Crippen molar-refractivity contribution in [1.29, 1.82) is 0 Å². The van der Waals surface area contributed by atoms with Crippen LogP contribution in [0.3, 0.4) is 0 Å². The largest absolute Gasteiger partial charge is 0.490 e. The van der Waals surface area contributed by atoms with Gasteiger partial charge in [-0.15, -0.1) is 6.58 Å². The molecule has 0 spiro atoms. The second kappa shape index (κ2) is 12.8. The van der Waals surface area contributed by atoms with E-state index in [4.69, 9.17) is 21.1 Å². The maximum Gasteiger partial charge on any atom is 0.329 e. The highest BCUT2D eigenvalue weighted by Crippen LogP contribution is 2.28. The average molecular weight is 459 g/mol. The predicted molar refractivity (Wildman–Crippen MR) is 122 cm³/mol. The maximum atomic E-state index is 12.2. The number of hydrazone groups is 1. The number of amides is 3. The Balaban J connectivity index is 1.97. The van der Waals surface area contributed by atoms with Crippen molar-refractivity contribution in [1.82, 2.24) is 10.7 Å². The van der Waals surface area contributed by atoms with E-state index in [0.29, 0.717) is 34.4 Å². The molecule has 0 aromatic heterocycles. The number of anilines is 1. The van der Waals surface area contributed by atoms with Gasteiger partial charge in [0.2, 0.25) is 0 Å². The summed E-state index contributed by atoms with van der Waals surface area (Å²) in [5.41, 5.74) is 3.18. The van der Waals surface area contributed by atoms with E-state index >= 15 is 0 Å². The van der Waals surface area contributed by atoms with Crippen LogP contribution in [0.5, 0.6) is 11.5 Å². The number of ether oxygens (including phenoxy) is 2. The number of hydrogen-bond donors (Lipinski definition) is 3. The van der Waals surface area contributed by atoms with Gasteiger partial charge in [-0.1, -0.05) is 29.8 Å². The van der Waals surface area contributed by atoms with Crippen molar-refractivity contribution in [2.75, 3.05) is 25.1 Å². The summed E-state index contributed by atoms with van der Waals surface area (Å²) in [5, 5.41) is 9.17. The molecule has 0 radical (unpaired) electrons. The Bertz CT molecular complexity index is 1010. The van der Waals surface area contributed by atoms with E-state index in [-0.39, 0.29) is 19.1 Å². The molecule has 0 aliphatic heterocycles. The number of carbonyl (C=O) groups excluding carboxylic acids is 3. The van der Waals surface area contributed by atoms with Crippen LogP contribution >= 0.6 is 11.6 Å². The van der Waals surface area contributed by atoms with E-state index in [2.05, 4.69) is 27.7 Å². The summed E-state index contributed by atoms with van der Waals surface area (Å²) < 4.78 is 11.1. The molecule has 0 heterocycles. The first-order valence-electron chi connectivity index (χ1n) is 9.60. The number of para-hydroxylation sites is 1. The molecule has 0 fully saturated rings. The van der Waals surface area contributed by atoms with Gasteiger partial charge in [-0.05, 0) is 42.8 Å². The minimum atomic E-state index is -0.905. The van der Waals surface area contributed by atoms with Gasteiger partial charge in [0.05, 0.1) is 23.5 Å². The zero-order valence-electron chi connectivity index (χ0n) is 17.4. The van der Waals surface area contributed by atoms with E-state index in [1.165, 1.54) is 12.3 Å². The fourth-order valence-electron chi connectivity index (χ4n) is 2.35. The lowest BCUT2D eigenvalue weighted by Gasteiger charge is -2.13. The summed E-state index contributed by atoms with van der Waals surface area (Å²) in [6.45, 7) is 5.53. The number of nitrogens with zero attached hydrogens (tertiary/aromatic N) is 1. The molecule has 0 bridgehead atoms. The van der Waals surface area contributed by atoms with Crippen molar-refractivity contribution in [3.63, 3.8) is 0 Å². The molecule has 0 aliphatic carbocycles. The molecule has 0 unspecified atom stereocenters. The van der Waals surface area contributed by atoms with Gasteiger partial charge in [0, 0.05) is 6.54 Å². The highest BCUT2D eigenvalue weighted by molar-refractivity contribution is 6.35. The molecule has 3 N–H and O–H groups in total. The fraction of sp³-hybridized carbons (Fsp3) is 0.182. The van der Waals surface area contributed by atoms with Crippen LogP contribution in [-0.4, -0.2) is 43.7 Å². The third kappa shape index (κ3) is 7.77. The monoisotopic (exact) mass is 458 g/mol. The quantitative estimate of drug-likeness (QED) is 0.219. The number of nitrogens with one attached hydrogen (secondary N) is 3. The Labute approximate surface area is 190 Å². The Morgan fingerprint density at radius 1 is 1.09 bits per heavy atom. The first-order chi connectivity index (χ1) is 15.4. The standard InChI is InChI=1S/C22H23ClN4O5/c1-3-11-24-21(29)22(30)27-25-13-15-9-10-18(19(12-15)31-4-2)32-14-20(28)26-17-8-6-5-7-16(17)23/h3,5-10,12-13H,1,4,11,14H2,2H3,(H,24,29)(H,26,28)(H,27,30)/b25-13-. The zero-order valence-corrected chi connectivity index (χ0v) is 18.1. The molecule has 9 nitrogen and oxygen atoms in total. The summed E-state index contributed by atoms with van der Waals surface area (Å²) in [6.07, 6.45) is 2.79. The molecule has 0 saturated carbocycles. The number of rotatable bonds is 10. The van der Waals surface area contributed by atoms with E-state index in [1.807, 2.05) is 0 Å². The number of hydrogen-bond acceptors (Lipinski definition) is 6. The molecular formula is C22H23ClN4O5. The van der Waals surface area contributed by atoms with Crippen molar-refractivity contribution in [3.8, 4) is 11.5 Å². The van der Waals surface area contributed by atoms with Crippen LogP contribution in [0.4, 0.5) is 5.69 Å². The summed E-state index contributed by atoms with van der Waals surface area (Å²) in [7, 11) is 0. The molecule has 3 amide bonds. The van der Waals surface area contributed by atoms with Crippen LogP contribution in [0.1, 0.15) is 12.5 Å². The molecule has 10 heteroatoms. The normalized spacial score (nSPS) is 10.3. The average Bonchev–Trinajstić information content (AvgIpc) is 2.78. The molecule has 2 rings (SSSR count). The van der Waals surface area contributed by atoms with Crippen LogP contribution in [0, 0.1) is 0 Å². The zero-order chi connectivity index (χ0) is 23.3. The first kappa shape index (κ1) is 24.4. The van der Waals surface area contributed by atoms with Gasteiger partial charge in [0.25, 0.3) is 5.91 Å².